The molecule has 102 valence electrons. The molecular formula is C13H17N3O2S. The molecule has 5 nitrogen and oxygen atoms in total. The average Bonchev–Trinajstić information content (AvgIpc) is 2.96. The van der Waals surface area contributed by atoms with Gasteiger partial charge in [-0.25, -0.2) is 4.98 Å². The summed E-state index contributed by atoms with van der Waals surface area (Å²) in [5.41, 5.74) is 0.659. The van der Waals surface area contributed by atoms with Crippen LogP contribution in [0.1, 0.15) is 26.1 Å². The van der Waals surface area contributed by atoms with Crippen LogP contribution in [0.15, 0.2) is 16.2 Å². The maximum Gasteiger partial charge on any atom is 0.268 e. The van der Waals surface area contributed by atoms with E-state index in [0.29, 0.717) is 17.1 Å². The number of H-pyrrole nitrogens is 1. The minimum absolute atomic E-state index is 0.0534. The second kappa shape index (κ2) is 4.70. The molecule has 19 heavy (non-hydrogen) atoms. The molecular weight excluding hydrogens is 262 g/mol. The highest BCUT2D eigenvalue weighted by atomic mass is 32.1. The third-order valence-corrected chi connectivity index (χ3v) is 4.81. The number of ether oxygens (including phenoxy) is 1. The Morgan fingerprint density at radius 3 is 3.26 bits per heavy atom. The minimum atomic E-state index is -0.0577. The van der Waals surface area contributed by atoms with Crippen LogP contribution in [0.4, 0.5) is 0 Å². The highest BCUT2D eigenvalue weighted by Gasteiger charge is 2.36. The quantitative estimate of drug-likeness (QED) is 0.896. The van der Waals surface area contributed by atoms with Crippen LogP contribution in [0.5, 0.6) is 0 Å². The second-order valence-corrected chi connectivity index (χ2v) is 6.10. The van der Waals surface area contributed by atoms with Gasteiger partial charge < -0.3 is 15.0 Å². The number of hydrogen-bond acceptors (Lipinski definition) is 5. The van der Waals surface area contributed by atoms with Crippen LogP contribution < -0.4 is 10.9 Å². The molecule has 0 aromatic carbocycles. The molecule has 0 saturated carbocycles. The maximum absolute atomic E-state index is 11.9. The monoisotopic (exact) mass is 279 g/mol. The van der Waals surface area contributed by atoms with Gasteiger partial charge >= 0.3 is 0 Å². The fourth-order valence-corrected chi connectivity index (χ4v) is 3.08. The van der Waals surface area contributed by atoms with E-state index in [1.807, 2.05) is 11.4 Å². The van der Waals surface area contributed by atoms with Gasteiger partial charge in [-0.15, -0.1) is 11.3 Å². The summed E-state index contributed by atoms with van der Waals surface area (Å²) in [6.45, 7) is 5.54. The van der Waals surface area contributed by atoms with Crippen LogP contribution in [0.25, 0.3) is 10.2 Å². The molecule has 0 aliphatic carbocycles. The number of fused-ring (bicyclic) bond motifs is 1. The van der Waals surface area contributed by atoms with Crippen LogP contribution >= 0.6 is 11.3 Å². The van der Waals surface area contributed by atoms with Crippen molar-refractivity contribution in [2.75, 3.05) is 6.61 Å². The van der Waals surface area contributed by atoms with Crippen LogP contribution in [0, 0.1) is 0 Å². The van der Waals surface area contributed by atoms with E-state index in [0.717, 1.165) is 18.5 Å². The Bertz CT molecular complexity index is 651. The molecule has 0 amide bonds. The Hall–Kier alpha value is -1.24. The minimum Gasteiger partial charge on any atom is -0.377 e. The third-order valence-electron chi connectivity index (χ3n) is 3.91. The molecule has 3 rings (SSSR count). The number of hydrogen-bond donors (Lipinski definition) is 2. The molecule has 6 heteroatoms. The van der Waals surface area contributed by atoms with Gasteiger partial charge in [-0.1, -0.05) is 0 Å². The largest absolute Gasteiger partial charge is 0.377 e. The summed E-state index contributed by atoms with van der Waals surface area (Å²) >= 11 is 1.42. The molecule has 2 unspecified atom stereocenters. The topological polar surface area (TPSA) is 67.0 Å². The molecule has 2 aromatic rings. The highest BCUT2D eigenvalue weighted by molar-refractivity contribution is 7.17. The first-order valence-electron chi connectivity index (χ1n) is 6.41. The third kappa shape index (κ3) is 2.31. The Morgan fingerprint density at radius 2 is 2.53 bits per heavy atom. The van der Waals surface area contributed by atoms with Crippen molar-refractivity contribution in [3.8, 4) is 0 Å². The molecule has 3 heterocycles. The lowest BCUT2D eigenvalue weighted by Crippen LogP contribution is -2.47. The molecule has 0 spiro atoms. The van der Waals surface area contributed by atoms with E-state index in [-0.39, 0.29) is 17.2 Å². The summed E-state index contributed by atoms with van der Waals surface area (Å²) in [5, 5.41) is 5.34. The van der Waals surface area contributed by atoms with Gasteiger partial charge in [-0.05, 0) is 31.7 Å². The van der Waals surface area contributed by atoms with E-state index < -0.39 is 0 Å². The smallest absolute Gasteiger partial charge is 0.268 e. The standard InChI is InChI=1S/C13H17N3O2S/c1-8-13(2,4-5-18-8)14-7-10-15-9-3-6-19-11(9)12(17)16-10/h3,6,8,14H,4-5,7H2,1-2H3,(H,15,16,17). The molecule has 2 N–H and O–H groups in total. The molecule has 1 fully saturated rings. The number of nitrogens with zero attached hydrogens (tertiary/aromatic N) is 1. The van der Waals surface area contributed by atoms with Gasteiger partial charge in [0.1, 0.15) is 10.5 Å². The molecule has 2 aromatic heterocycles. The summed E-state index contributed by atoms with van der Waals surface area (Å²) in [6.07, 6.45) is 1.14. The predicted octanol–water partition coefficient (Wildman–Crippen LogP) is 1.64. The van der Waals surface area contributed by atoms with E-state index in [1.54, 1.807) is 0 Å². The van der Waals surface area contributed by atoms with Gasteiger partial charge in [0.2, 0.25) is 0 Å². The molecule has 1 saturated heterocycles. The van der Waals surface area contributed by atoms with Gasteiger partial charge in [0.05, 0.1) is 18.2 Å². The van der Waals surface area contributed by atoms with Crippen molar-refractivity contribution in [2.24, 2.45) is 0 Å². The van der Waals surface area contributed by atoms with Crippen molar-refractivity contribution in [3.63, 3.8) is 0 Å². The molecule has 1 aliphatic rings. The number of nitrogens with one attached hydrogen (secondary N) is 2. The van der Waals surface area contributed by atoms with Gasteiger partial charge in [0.25, 0.3) is 5.56 Å². The van der Waals surface area contributed by atoms with E-state index in [9.17, 15) is 4.79 Å². The Morgan fingerprint density at radius 1 is 1.68 bits per heavy atom. The predicted molar refractivity (Wildman–Crippen MR) is 75.5 cm³/mol. The first kappa shape index (κ1) is 12.8. The fourth-order valence-electron chi connectivity index (χ4n) is 2.36. The molecule has 0 bridgehead atoms. The fraction of sp³-hybridized carbons (Fsp3) is 0.538. The van der Waals surface area contributed by atoms with Gasteiger partial charge in [-0.3, -0.25) is 4.79 Å². The summed E-state index contributed by atoms with van der Waals surface area (Å²) < 4.78 is 6.27. The van der Waals surface area contributed by atoms with Crippen molar-refractivity contribution in [1.82, 2.24) is 15.3 Å². The lowest BCUT2D eigenvalue weighted by atomic mass is 9.95. The Balaban J connectivity index is 1.80. The van der Waals surface area contributed by atoms with E-state index in [2.05, 4.69) is 29.1 Å². The molecule has 0 radical (unpaired) electrons. The lowest BCUT2D eigenvalue weighted by Gasteiger charge is -2.28. The summed E-state index contributed by atoms with van der Waals surface area (Å²) in [7, 11) is 0. The van der Waals surface area contributed by atoms with Crippen molar-refractivity contribution in [3.05, 3.63) is 27.6 Å². The van der Waals surface area contributed by atoms with E-state index in [1.165, 1.54) is 11.3 Å². The van der Waals surface area contributed by atoms with Gasteiger partial charge in [0, 0.05) is 12.1 Å². The van der Waals surface area contributed by atoms with Crippen molar-refractivity contribution >= 4 is 21.6 Å². The summed E-state index contributed by atoms with van der Waals surface area (Å²) in [5.74, 6) is 0.677. The number of aromatic nitrogens is 2. The zero-order valence-corrected chi connectivity index (χ0v) is 11.8. The first-order chi connectivity index (χ1) is 9.08. The van der Waals surface area contributed by atoms with Crippen LogP contribution in [-0.4, -0.2) is 28.2 Å². The number of thiophene rings is 1. The number of rotatable bonds is 3. The van der Waals surface area contributed by atoms with Crippen LogP contribution in [0.2, 0.25) is 0 Å². The van der Waals surface area contributed by atoms with Crippen molar-refractivity contribution < 1.29 is 4.74 Å². The zero-order chi connectivity index (χ0) is 13.5. The van der Waals surface area contributed by atoms with E-state index in [4.69, 9.17) is 4.74 Å². The summed E-state index contributed by atoms with van der Waals surface area (Å²) in [4.78, 5) is 19.2. The van der Waals surface area contributed by atoms with Crippen molar-refractivity contribution in [2.45, 2.75) is 38.5 Å². The van der Waals surface area contributed by atoms with Gasteiger partial charge in [0.15, 0.2) is 0 Å². The summed E-state index contributed by atoms with van der Waals surface area (Å²) in [6, 6.07) is 1.88. The Kier molecular flexibility index (Phi) is 3.16. The average molecular weight is 279 g/mol. The van der Waals surface area contributed by atoms with Gasteiger partial charge in [-0.2, -0.15) is 0 Å². The maximum atomic E-state index is 11.9. The zero-order valence-electron chi connectivity index (χ0n) is 11.0. The second-order valence-electron chi connectivity index (χ2n) is 5.18. The lowest BCUT2D eigenvalue weighted by molar-refractivity contribution is 0.0879. The SMILES string of the molecule is CC1OCCC1(C)NCc1nc2ccsc2c(=O)[nH]1. The van der Waals surface area contributed by atoms with Crippen molar-refractivity contribution in [1.29, 1.82) is 0 Å². The highest BCUT2D eigenvalue weighted by Crippen LogP contribution is 2.25. The molecule has 1 aliphatic heterocycles. The Labute approximate surface area is 115 Å². The van der Waals surface area contributed by atoms with E-state index >= 15 is 0 Å². The van der Waals surface area contributed by atoms with Crippen LogP contribution in [0.3, 0.4) is 0 Å². The molecule has 2 atom stereocenters. The van der Waals surface area contributed by atoms with Crippen LogP contribution in [-0.2, 0) is 11.3 Å². The normalized spacial score (nSPS) is 27.2. The first-order valence-corrected chi connectivity index (χ1v) is 7.29. The number of aromatic amines is 1.